The van der Waals surface area contributed by atoms with Crippen LogP contribution in [-0.2, 0) is 11.2 Å². The van der Waals surface area contributed by atoms with Crippen molar-refractivity contribution in [3.05, 3.63) is 29.8 Å². The zero-order valence-corrected chi connectivity index (χ0v) is 15.5. The fraction of sp³-hybridized carbons (Fsp3) is 0.588. The Morgan fingerprint density at radius 3 is 2.42 bits per heavy atom. The van der Waals surface area contributed by atoms with E-state index in [1.165, 1.54) is 4.90 Å². The lowest BCUT2D eigenvalue weighted by molar-refractivity contribution is -0.184. The smallest absolute Gasteiger partial charge is 0.405 e. The molecule has 1 aromatic carbocycles. The van der Waals surface area contributed by atoms with E-state index in [-0.39, 0.29) is 24.7 Å². The number of amides is 1. The van der Waals surface area contributed by atoms with Gasteiger partial charge in [-0.3, -0.25) is 9.69 Å². The second-order valence-electron chi connectivity index (χ2n) is 6.00. The van der Waals surface area contributed by atoms with E-state index >= 15 is 0 Å². The molecule has 0 radical (unpaired) electrons. The van der Waals surface area contributed by atoms with E-state index in [2.05, 4.69) is 10.6 Å². The molecule has 0 aromatic heterocycles. The van der Waals surface area contributed by atoms with Crippen LogP contribution in [0.15, 0.2) is 24.3 Å². The van der Waals surface area contributed by atoms with Crippen molar-refractivity contribution < 1.29 is 22.7 Å². The van der Waals surface area contributed by atoms with Crippen LogP contribution in [0.1, 0.15) is 12.0 Å². The number of methoxy groups -OCH3 is 1. The number of carbonyl (C=O) groups excluding carboxylic acids is 1. The Labute approximate surface area is 157 Å². The number of nitrogens with zero attached hydrogens (tertiary/aromatic N) is 1. The molecule has 2 N–H and O–H groups in total. The molecule has 1 saturated heterocycles. The zero-order valence-electron chi connectivity index (χ0n) is 14.6. The first kappa shape index (κ1) is 22.5. The van der Waals surface area contributed by atoms with Gasteiger partial charge < -0.3 is 15.4 Å². The minimum Gasteiger partial charge on any atom is -0.497 e. The summed E-state index contributed by atoms with van der Waals surface area (Å²) in [6.07, 6.45) is -3.74. The molecule has 1 aliphatic rings. The van der Waals surface area contributed by atoms with E-state index in [0.717, 1.165) is 11.3 Å². The van der Waals surface area contributed by atoms with Gasteiger partial charge in [-0.2, -0.15) is 13.2 Å². The normalized spacial score (nSPS) is 16.5. The lowest BCUT2D eigenvalue weighted by atomic mass is 10.1. The van der Waals surface area contributed by atoms with E-state index in [9.17, 15) is 18.0 Å². The topological polar surface area (TPSA) is 53.6 Å². The van der Waals surface area contributed by atoms with Gasteiger partial charge in [-0.15, -0.1) is 12.4 Å². The molecule has 26 heavy (non-hydrogen) atoms. The van der Waals surface area contributed by atoms with Crippen molar-refractivity contribution in [3.63, 3.8) is 0 Å². The molecule has 0 aliphatic carbocycles. The molecule has 2 rings (SSSR count). The highest BCUT2D eigenvalue weighted by atomic mass is 35.5. The molecular formula is C17H25ClF3N3O2. The Bertz CT molecular complexity index is 549. The molecule has 5 nitrogen and oxygen atoms in total. The Balaban J connectivity index is 0.00000338. The van der Waals surface area contributed by atoms with Crippen LogP contribution in [0.3, 0.4) is 0 Å². The number of rotatable bonds is 7. The van der Waals surface area contributed by atoms with E-state index in [4.69, 9.17) is 4.74 Å². The third kappa shape index (κ3) is 7.01. The first-order valence-corrected chi connectivity index (χ1v) is 8.31. The fourth-order valence-corrected chi connectivity index (χ4v) is 2.79. The number of aryl methyl sites for hydroxylation is 1. The predicted octanol–water partition coefficient (Wildman–Crippen LogP) is 2.00. The SMILES string of the molecule is COc1ccc(CCC(=O)NCC(N2CCNCC2)C(F)(F)F)cc1.Cl. The van der Waals surface area contributed by atoms with Crippen LogP contribution >= 0.6 is 12.4 Å². The number of carbonyl (C=O) groups is 1. The molecule has 9 heteroatoms. The number of benzene rings is 1. The number of ether oxygens (including phenoxy) is 1. The van der Waals surface area contributed by atoms with E-state index in [1.807, 2.05) is 12.1 Å². The van der Waals surface area contributed by atoms with Gasteiger partial charge in [-0.25, -0.2) is 0 Å². The summed E-state index contributed by atoms with van der Waals surface area (Å²) in [6.45, 7) is 1.29. The average Bonchev–Trinajstić information content (AvgIpc) is 2.60. The van der Waals surface area contributed by atoms with Crippen molar-refractivity contribution in [2.24, 2.45) is 0 Å². The van der Waals surface area contributed by atoms with Gasteiger partial charge in [-0.1, -0.05) is 12.1 Å². The van der Waals surface area contributed by atoms with E-state index in [0.29, 0.717) is 32.6 Å². The highest BCUT2D eigenvalue weighted by Crippen LogP contribution is 2.24. The first-order chi connectivity index (χ1) is 11.9. The molecule has 1 heterocycles. The summed E-state index contributed by atoms with van der Waals surface area (Å²) >= 11 is 0. The van der Waals surface area contributed by atoms with Gasteiger partial charge in [0.15, 0.2) is 0 Å². The highest BCUT2D eigenvalue weighted by Gasteiger charge is 2.43. The van der Waals surface area contributed by atoms with E-state index < -0.39 is 18.8 Å². The van der Waals surface area contributed by atoms with Crippen molar-refractivity contribution in [3.8, 4) is 5.75 Å². The molecule has 148 valence electrons. The summed E-state index contributed by atoms with van der Waals surface area (Å²) in [6, 6.07) is 5.62. The zero-order chi connectivity index (χ0) is 18.3. The van der Waals surface area contributed by atoms with Crippen LogP contribution < -0.4 is 15.4 Å². The van der Waals surface area contributed by atoms with Crippen molar-refractivity contribution >= 4 is 18.3 Å². The van der Waals surface area contributed by atoms with Crippen molar-refractivity contribution in [1.29, 1.82) is 0 Å². The Morgan fingerprint density at radius 2 is 1.88 bits per heavy atom. The summed E-state index contributed by atoms with van der Waals surface area (Å²) in [5.74, 6) is 0.345. The van der Waals surface area contributed by atoms with Gasteiger partial charge in [-0.05, 0) is 24.1 Å². The summed E-state index contributed by atoms with van der Waals surface area (Å²) in [5.41, 5.74) is 0.936. The molecule has 0 saturated carbocycles. The van der Waals surface area contributed by atoms with Crippen LogP contribution in [0.2, 0.25) is 0 Å². The van der Waals surface area contributed by atoms with Gasteiger partial charge in [0.2, 0.25) is 5.91 Å². The van der Waals surface area contributed by atoms with Gasteiger partial charge >= 0.3 is 6.18 Å². The molecule has 1 aliphatic heterocycles. The minimum absolute atomic E-state index is 0. The quantitative estimate of drug-likeness (QED) is 0.741. The van der Waals surface area contributed by atoms with Gasteiger partial charge in [0.1, 0.15) is 11.8 Å². The number of nitrogens with one attached hydrogen (secondary N) is 2. The summed E-state index contributed by atoms with van der Waals surface area (Å²) in [4.78, 5) is 13.3. The number of halogens is 4. The van der Waals surface area contributed by atoms with Crippen molar-refractivity contribution in [1.82, 2.24) is 15.5 Å². The molecule has 1 aromatic rings. The number of hydrogen-bond donors (Lipinski definition) is 2. The van der Waals surface area contributed by atoms with Crippen molar-refractivity contribution in [2.45, 2.75) is 25.1 Å². The third-order valence-corrected chi connectivity index (χ3v) is 4.26. The molecule has 1 amide bonds. The maximum absolute atomic E-state index is 13.3. The fourth-order valence-electron chi connectivity index (χ4n) is 2.79. The summed E-state index contributed by atoms with van der Waals surface area (Å²) < 4.78 is 44.8. The second-order valence-corrected chi connectivity index (χ2v) is 6.00. The molecule has 1 fully saturated rings. The van der Waals surface area contributed by atoms with Crippen LogP contribution in [-0.4, -0.2) is 62.9 Å². The Kier molecular flexibility index (Phi) is 9.18. The van der Waals surface area contributed by atoms with Crippen LogP contribution in [0, 0.1) is 0 Å². The van der Waals surface area contributed by atoms with Crippen molar-refractivity contribution in [2.75, 3.05) is 39.8 Å². The van der Waals surface area contributed by atoms with E-state index in [1.54, 1.807) is 19.2 Å². The molecule has 1 unspecified atom stereocenters. The number of hydrogen-bond acceptors (Lipinski definition) is 4. The standard InChI is InChI=1S/C17H24F3N3O2.ClH/c1-25-14-5-2-13(3-6-14)4-7-16(24)22-12-15(17(18,19)20)23-10-8-21-9-11-23;/h2-3,5-6,15,21H,4,7-12H2,1H3,(H,22,24);1H. The number of piperazine rings is 1. The van der Waals surface area contributed by atoms with Gasteiger partial charge in [0.25, 0.3) is 0 Å². The lowest BCUT2D eigenvalue weighted by Crippen LogP contribution is -2.57. The molecule has 0 bridgehead atoms. The highest BCUT2D eigenvalue weighted by molar-refractivity contribution is 5.85. The minimum atomic E-state index is -4.36. The summed E-state index contributed by atoms with van der Waals surface area (Å²) in [5, 5.41) is 5.46. The van der Waals surface area contributed by atoms with Crippen LogP contribution in [0.4, 0.5) is 13.2 Å². The average molecular weight is 396 g/mol. The predicted molar refractivity (Wildman–Crippen MR) is 95.9 cm³/mol. The molecular weight excluding hydrogens is 371 g/mol. The molecule has 1 atom stereocenters. The van der Waals surface area contributed by atoms with Gasteiger partial charge in [0, 0.05) is 39.1 Å². The van der Waals surface area contributed by atoms with Gasteiger partial charge in [0.05, 0.1) is 7.11 Å². The maximum atomic E-state index is 13.3. The van der Waals surface area contributed by atoms with Crippen LogP contribution in [0.25, 0.3) is 0 Å². The Hall–Kier alpha value is -1.51. The summed E-state index contributed by atoms with van der Waals surface area (Å²) in [7, 11) is 1.57. The van der Waals surface area contributed by atoms with Crippen LogP contribution in [0.5, 0.6) is 5.75 Å². The monoisotopic (exact) mass is 395 g/mol. The second kappa shape index (κ2) is 10.6. The largest absolute Gasteiger partial charge is 0.497 e. The third-order valence-electron chi connectivity index (χ3n) is 4.26. The first-order valence-electron chi connectivity index (χ1n) is 8.31. The molecule has 0 spiro atoms. The maximum Gasteiger partial charge on any atom is 0.405 e. The lowest BCUT2D eigenvalue weighted by Gasteiger charge is -2.35. The Morgan fingerprint density at radius 1 is 1.27 bits per heavy atom. The number of alkyl halides is 3.